The maximum atomic E-state index is 13.1. The zero-order valence-electron chi connectivity index (χ0n) is 40.8. The Labute approximate surface area is 420 Å². The number of aromatic hydroxyl groups is 2. The monoisotopic (exact) mass is 1050 g/mol. The van der Waals surface area contributed by atoms with Gasteiger partial charge in [-0.3, -0.25) is 19.2 Å². The molecule has 10 N–H and O–H groups in total. The smallest absolute Gasteiger partial charge is 0.490 e. The van der Waals surface area contributed by atoms with Crippen LogP contribution >= 0.6 is 22.7 Å². The van der Waals surface area contributed by atoms with E-state index >= 15 is 0 Å². The average molecular weight is 1050 g/mol. The first-order valence-corrected chi connectivity index (χ1v) is 23.3. The van der Waals surface area contributed by atoms with Gasteiger partial charge in [0.15, 0.2) is 0 Å². The summed E-state index contributed by atoms with van der Waals surface area (Å²) in [7, 11) is 2.39. The fraction of sp³-hybridized carbons (Fsp3) is 0.404. The van der Waals surface area contributed by atoms with Gasteiger partial charge in [-0.2, -0.15) is 13.2 Å². The molecule has 0 unspecified atom stereocenters. The third kappa shape index (κ3) is 20.2. The first kappa shape index (κ1) is 60.9. The number of nitrogens with one attached hydrogen (secondary N) is 5. The molecule has 4 rings (SSSR count). The summed E-state index contributed by atoms with van der Waals surface area (Å²) in [5.74, 6) is -5.76. The fourth-order valence-corrected chi connectivity index (χ4v) is 8.03. The number of amides is 5. The lowest BCUT2D eigenvalue weighted by molar-refractivity contribution is -0.192. The molecular weight excluding hydrogens is 994 g/mol. The Balaban J connectivity index is 0.000000442. The minimum absolute atomic E-state index is 0.00549. The van der Waals surface area contributed by atoms with Crippen LogP contribution in [0.1, 0.15) is 121 Å². The number of hydrogen-bond donors (Lipinski definition) is 9. The molecule has 2 heterocycles. The summed E-state index contributed by atoms with van der Waals surface area (Å²) < 4.78 is 46.3. The van der Waals surface area contributed by atoms with Gasteiger partial charge in [-0.25, -0.2) is 19.2 Å². The van der Waals surface area contributed by atoms with E-state index in [2.05, 4.69) is 31.3 Å². The predicted octanol–water partition coefficient (Wildman–Crippen LogP) is 5.67. The highest BCUT2D eigenvalue weighted by Crippen LogP contribution is 2.30. The number of hydrogen-bond acceptors (Lipinski definition) is 16. The van der Waals surface area contributed by atoms with Crippen LogP contribution in [0.25, 0.3) is 0 Å². The second-order valence-corrected chi connectivity index (χ2v) is 18.9. The highest BCUT2D eigenvalue weighted by molar-refractivity contribution is 7.16. The number of alkyl halides is 3. The molecule has 0 fully saturated rings. The maximum absolute atomic E-state index is 13.1. The van der Waals surface area contributed by atoms with E-state index in [-0.39, 0.29) is 66.2 Å². The van der Waals surface area contributed by atoms with Gasteiger partial charge in [0.1, 0.15) is 29.2 Å². The van der Waals surface area contributed by atoms with E-state index in [9.17, 15) is 56.9 Å². The third-order valence-corrected chi connectivity index (χ3v) is 11.6. The molecule has 394 valence electrons. The molecule has 0 saturated carbocycles. The van der Waals surface area contributed by atoms with Crippen LogP contribution in [-0.4, -0.2) is 114 Å². The summed E-state index contributed by atoms with van der Waals surface area (Å²) in [5.41, 5.74) is 7.63. The van der Waals surface area contributed by atoms with Crippen LogP contribution in [0.5, 0.6) is 11.5 Å². The first-order chi connectivity index (χ1) is 33.5. The quantitative estimate of drug-likeness (QED) is 0.0454. The zero-order chi connectivity index (χ0) is 54.7. The molecular formula is C47H59F3N6O14S2. The number of halogens is 3. The van der Waals surface area contributed by atoms with Crippen molar-refractivity contribution < 1.29 is 81.1 Å². The normalized spacial score (nSPS) is 11.8. The summed E-state index contributed by atoms with van der Waals surface area (Å²) in [5, 5.41) is 39.4. The van der Waals surface area contributed by atoms with Gasteiger partial charge in [-0.05, 0) is 91.3 Å². The second kappa shape index (κ2) is 28.0. The van der Waals surface area contributed by atoms with Gasteiger partial charge >= 0.3 is 30.2 Å². The van der Waals surface area contributed by atoms with Crippen LogP contribution in [0.4, 0.5) is 18.0 Å². The number of thiophene rings is 2. The van der Waals surface area contributed by atoms with Crippen molar-refractivity contribution in [2.45, 2.75) is 97.3 Å². The first-order valence-electron chi connectivity index (χ1n) is 21.7. The number of benzene rings is 2. The second-order valence-electron chi connectivity index (χ2n) is 16.8. The molecule has 72 heavy (non-hydrogen) atoms. The van der Waals surface area contributed by atoms with Gasteiger partial charge in [-0.15, -0.1) is 22.7 Å². The molecule has 4 aromatic rings. The summed E-state index contributed by atoms with van der Waals surface area (Å²) >= 11 is 2.05. The van der Waals surface area contributed by atoms with Crippen molar-refractivity contribution in [3.63, 3.8) is 0 Å². The van der Waals surface area contributed by atoms with E-state index in [1.807, 2.05) is 27.7 Å². The van der Waals surface area contributed by atoms with Crippen LogP contribution in [0.15, 0.2) is 60.7 Å². The number of carbonyl (C=O) groups is 8. The topological polar surface area (TPSA) is 311 Å². The number of esters is 2. The van der Waals surface area contributed by atoms with Gasteiger partial charge in [0.25, 0.3) is 23.6 Å². The summed E-state index contributed by atoms with van der Waals surface area (Å²) in [6, 6.07) is 14.3. The van der Waals surface area contributed by atoms with Crippen molar-refractivity contribution in [2.75, 3.05) is 27.3 Å². The summed E-state index contributed by atoms with van der Waals surface area (Å²) in [4.78, 5) is 97.3. The van der Waals surface area contributed by atoms with E-state index in [4.69, 9.17) is 25.1 Å². The molecule has 20 nitrogen and oxygen atoms in total. The molecule has 2 aromatic carbocycles. The number of nitrogens with two attached hydrogens (primary N) is 1. The Morgan fingerprint density at radius 1 is 0.639 bits per heavy atom. The molecule has 2 atom stereocenters. The standard InChI is InChI=1S/C25H33N3O7S.C20H25N3O5S.C2HF3O2/c1-14(2)17-11-19(21(30)26-12-15-8-7-9-16(29)10-15)36-20(17)22(31)28-18(23(32)34-6)13-27-24(33)35-25(3,4)5;1-11(2)14-8-16(18(25)22-10-12-5-4-6-13(24)7-12)29-17(14)19(26)23-15(9-21)20(27)28-3;3-2(4,5)1(6)7/h7-11,14,18,29H,12-13H2,1-6H3,(H,26,30)(H,27,33)(H,28,31);4-8,11,15,24H,9-10,21H2,1-3H3,(H,22,25)(H,23,26);(H,6,7)/t18-;15-;/m00./s1. The lowest BCUT2D eigenvalue weighted by atomic mass is 10.0. The lowest BCUT2D eigenvalue weighted by Gasteiger charge is -2.21. The van der Waals surface area contributed by atoms with E-state index in [1.54, 1.807) is 75.4 Å². The van der Waals surface area contributed by atoms with E-state index in [0.29, 0.717) is 25.8 Å². The van der Waals surface area contributed by atoms with Gasteiger partial charge < -0.3 is 61.8 Å². The molecule has 0 saturated heterocycles. The summed E-state index contributed by atoms with van der Waals surface area (Å²) in [6.45, 7) is 12.8. The number of rotatable bonds is 17. The highest BCUT2D eigenvalue weighted by atomic mass is 32.1. The van der Waals surface area contributed by atoms with E-state index in [1.165, 1.54) is 20.3 Å². The number of carbonyl (C=O) groups excluding carboxylic acids is 7. The minimum Gasteiger partial charge on any atom is -0.508 e. The number of aliphatic carboxylic acids is 1. The number of alkyl carbamates (subject to hydrolysis) is 1. The third-order valence-electron chi connectivity index (χ3n) is 9.26. The molecule has 0 spiro atoms. The van der Waals surface area contributed by atoms with Gasteiger partial charge in [0, 0.05) is 19.6 Å². The van der Waals surface area contributed by atoms with Crippen LogP contribution in [0, 0.1) is 0 Å². The number of ether oxygens (including phenoxy) is 3. The number of carboxylic acids is 1. The molecule has 5 amide bonds. The van der Waals surface area contributed by atoms with Crippen molar-refractivity contribution in [3.8, 4) is 11.5 Å². The highest BCUT2D eigenvalue weighted by Gasteiger charge is 2.38. The Kier molecular flexibility index (Phi) is 23.6. The van der Waals surface area contributed by atoms with Crippen molar-refractivity contribution in [1.82, 2.24) is 26.6 Å². The Hall–Kier alpha value is -7.25. The molecule has 2 aromatic heterocycles. The fourth-order valence-electron chi connectivity index (χ4n) is 5.76. The molecule has 0 aliphatic rings. The Morgan fingerprint density at radius 2 is 1.03 bits per heavy atom. The lowest BCUT2D eigenvalue weighted by Crippen LogP contribution is -2.49. The molecule has 0 radical (unpaired) electrons. The van der Waals surface area contributed by atoms with Crippen LogP contribution in [-0.2, 0) is 41.7 Å². The van der Waals surface area contributed by atoms with Gasteiger partial charge in [-0.1, -0.05) is 52.0 Å². The average Bonchev–Trinajstić information content (AvgIpc) is 3.97. The largest absolute Gasteiger partial charge is 0.508 e. The minimum atomic E-state index is -5.08. The maximum Gasteiger partial charge on any atom is 0.490 e. The zero-order valence-corrected chi connectivity index (χ0v) is 42.4. The molecule has 0 aliphatic carbocycles. The van der Waals surface area contributed by atoms with Crippen LogP contribution in [0.2, 0.25) is 0 Å². The van der Waals surface area contributed by atoms with Crippen LogP contribution in [0.3, 0.4) is 0 Å². The predicted molar refractivity (Wildman–Crippen MR) is 259 cm³/mol. The van der Waals surface area contributed by atoms with Crippen molar-refractivity contribution in [1.29, 1.82) is 0 Å². The Morgan fingerprint density at radius 3 is 1.36 bits per heavy atom. The number of methoxy groups -OCH3 is 2. The van der Waals surface area contributed by atoms with E-state index < -0.39 is 59.7 Å². The molecule has 25 heteroatoms. The molecule has 0 aliphatic heterocycles. The SMILES string of the molecule is COC(=O)[C@H](CN)NC(=O)c1sc(C(=O)NCc2cccc(O)c2)cc1C(C)C.COC(=O)[C@H](CNC(=O)OC(C)(C)C)NC(=O)c1sc(C(=O)NCc2cccc(O)c2)cc1C(C)C.O=C(O)C(F)(F)F. The molecule has 0 bridgehead atoms. The van der Waals surface area contributed by atoms with Gasteiger partial charge in [0.05, 0.1) is 40.3 Å². The van der Waals surface area contributed by atoms with Crippen molar-refractivity contribution in [2.24, 2.45) is 5.73 Å². The van der Waals surface area contributed by atoms with Gasteiger partial charge in [0.2, 0.25) is 0 Å². The Bertz CT molecular complexity index is 2540. The number of phenolic OH excluding ortho intramolecular Hbond substituents is 2. The van der Waals surface area contributed by atoms with Crippen molar-refractivity contribution >= 4 is 70.3 Å². The van der Waals surface area contributed by atoms with E-state index in [0.717, 1.165) is 33.8 Å². The number of phenols is 2. The number of carboxylic acid groups (broad SMARTS) is 1. The van der Waals surface area contributed by atoms with Crippen LogP contribution < -0.4 is 32.3 Å². The summed E-state index contributed by atoms with van der Waals surface area (Å²) in [6.07, 6.45) is -5.82. The van der Waals surface area contributed by atoms with Crippen molar-refractivity contribution in [3.05, 3.63) is 102 Å².